The Kier molecular flexibility index (Phi) is 9.44. The molecule has 0 fully saturated rings. The number of alkyl halides is 3. The predicted molar refractivity (Wildman–Crippen MR) is 143 cm³/mol. The number of carbonyl (C=O) groups is 1. The average molecular weight is 525 g/mol. The maximum atomic E-state index is 13.0. The van der Waals surface area contributed by atoms with Gasteiger partial charge in [-0.05, 0) is 62.5 Å². The highest BCUT2D eigenvalue weighted by Gasteiger charge is 2.33. The molecular formula is C27H27F3N6O2. The summed E-state index contributed by atoms with van der Waals surface area (Å²) in [5.74, 6) is -0.0444. The van der Waals surface area contributed by atoms with Gasteiger partial charge in [-0.25, -0.2) is 4.98 Å². The second-order valence-electron chi connectivity index (χ2n) is 8.15. The lowest BCUT2D eigenvalue weighted by molar-refractivity contribution is -0.141. The van der Waals surface area contributed by atoms with Crippen LogP contribution in [0, 0.1) is 6.92 Å². The Labute approximate surface area is 218 Å². The van der Waals surface area contributed by atoms with E-state index in [9.17, 15) is 18.0 Å². The van der Waals surface area contributed by atoms with Gasteiger partial charge < -0.3 is 15.4 Å². The highest BCUT2D eigenvalue weighted by Crippen LogP contribution is 2.28. The monoisotopic (exact) mass is 524 g/mol. The molecule has 0 bridgehead atoms. The number of anilines is 2. The van der Waals surface area contributed by atoms with E-state index >= 15 is 0 Å². The lowest BCUT2D eigenvalue weighted by Crippen LogP contribution is -2.15. The molecule has 198 valence electrons. The SMILES string of the molecule is C=N/C=C(\N=C(C)c1cc(NC(=O)c2ccnc(C(F)(F)F)c2)ccc1C)c1ccnc(NCCOC)c1. The van der Waals surface area contributed by atoms with E-state index in [1.54, 1.807) is 37.6 Å². The number of hydrogen-bond acceptors (Lipinski definition) is 7. The second kappa shape index (κ2) is 12.7. The largest absolute Gasteiger partial charge is 0.433 e. The fourth-order valence-corrected chi connectivity index (χ4v) is 3.48. The van der Waals surface area contributed by atoms with Gasteiger partial charge in [0.05, 0.1) is 18.5 Å². The molecule has 1 amide bonds. The zero-order chi connectivity index (χ0) is 27.7. The summed E-state index contributed by atoms with van der Waals surface area (Å²) >= 11 is 0. The Morgan fingerprint density at radius 3 is 2.55 bits per heavy atom. The first-order chi connectivity index (χ1) is 18.1. The molecule has 38 heavy (non-hydrogen) atoms. The smallest absolute Gasteiger partial charge is 0.383 e. The van der Waals surface area contributed by atoms with Crippen LogP contribution in [0.15, 0.2) is 71.0 Å². The molecule has 2 N–H and O–H groups in total. The van der Waals surface area contributed by atoms with Gasteiger partial charge in [-0.15, -0.1) is 0 Å². The molecule has 0 aliphatic carbocycles. The Morgan fingerprint density at radius 1 is 1.11 bits per heavy atom. The molecule has 0 radical (unpaired) electrons. The molecule has 1 aromatic carbocycles. The van der Waals surface area contributed by atoms with Crippen LogP contribution >= 0.6 is 0 Å². The highest BCUT2D eigenvalue weighted by atomic mass is 19.4. The molecule has 0 atom stereocenters. The van der Waals surface area contributed by atoms with Crippen molar-refractivity contribution in [3.63, 3.8) is 0 Å². The van der Waals surface area contributed by atoms with Crippen LogP contribution in [0.4, 0.5) is 24.7 Å². The number of amides is 1. The number of aryl methyl sites for hydroxylation is 1. The van der Waals surface area contributed by atoms with E-state index in [4.69, 9.17) is 9.73 Å². The number of halogens is 3. The van der Waals surface area contributed by atoms with Crippen LogP contribution < -0.4 is 10.6 Å². The van der Waals surface area contributed by atoms with E-state index in [1.165, 1.54) is 12.3 Å². The zero-order valence-electron chi connectivity index (χ0n) is 21.1. The van der Waals surface area contributed by atoms with Crippen molar-refractivity contribution < 1.29 is 22.7 Å². The molecule has 8 nitrogen and oxygen atoms in total. The summed E-state index contributed by atoms with van der Waals surface area (Å²) in [6, 6.07) is 10.7. The first-order valence-electron chi connectivity index (χ1n) is 11.5. The Bertz CT molecular complexity index is 1370. The fourth-order valence-electron chi connectivity index (χ4n) is 3.48. The molecule has 2 heterocycles. The maximum absolute atomic E-state index is 13.0. The zero-order valence-corrected chi connectivity index (χ0v) is 21.1. The van der Waals surface area contributed by atoms with Gasteiger partial charge in [0.25, 0.3) is 5.91 Å². The van der Waals surface area contributed by atoms with Crippen molar-refractivity contribution in [3.05, 3.63) is 89.0 Å². The molecule has 0 aliphatic heterocycles. The first-order valence-corrected chi connectivity index (χ1v) is 11.5. The normalized spacial score (nSPS) is 12.3. The minimum absolute atomic E-state index is 0.158. The minimum Gasteiger partial charge on any atom is -0.383 e. The summed E-state index contributed by atoms with van der Waals surface area (Å²) in [5, 5.41) is 5.81. The predicted octanol–water partition coefficient (Wildman–Crippen LogP) is 5.62. The molecule has 3 rings (SSSR count). The summed E-state index contributed by atoms with van der Waals surface area (Å²) < 4.78 is 44.0. The number of carbonyl (C=O) groups excluding carboxylic acids is 1. The molecule has 0 spiro atoms. The van der Waals surface area contributed by atoms with Gasteiger partial charge in [0, 0.05) is 54.1 Å². The van der Waals surface area contributed by atoms with E-state index in [0.29, 0.717) is 42.1 Å². The van der Waals surface area contributed by atoms with Crippen molar-refractivity contribution in [1.29, 1.82) is 0 Å². The average Bonchev–Trinajstić information content (AvgIpc) is 2.89. The third kappa shape index (κ3) is 7.56. The van der Waals surface area contributed by atoms with Crippen LogP contribution in [-0.4, -0.2) is 48.6 Å². The molecule has 0 unspecified atom stereocenters. The van der Waals surface area contributed by atoms with Crippen LogP contribution in [0.25, 0.3) is 5.70 Å². The summed E-state index contributed by atoms with van der Waals surface area (Å²) in [5.41, 5.74) is 2.65. The number of ether oxygens (including phenoxy) is 1. The Hall–Kier alpha value is -4.38. The number of pyridine rings is 2. The van der Waals surface area contributed by atoms with Gasteiger partial charge >= 0.3 is 6.18 Å². The second-order valence-corrected chi connectivity index (χ2v) is 8.15. The third-order valence-corrected chi connectivity index (χ3v) is 5.37. The number of methoxy groups -OCH3 is 1. The first kappa shape index (κ1) is 28.2. The van der Waals surface area contributed by atoms with Gasteiger partial charge in [0.1, 0.15) is 11.5 Å². The number of hydrogen-bond donors (Lipinski definition) is 2. The number of nitrogens with zero attached hydrogens (tertiary/aromatic N) is 4. The van der Waals surface area contributed by atoms with Crippen LogP contribution in [0.2, 0.25) is 0 Å². The van der Waals surface area contributed by atoms with Gasteiger partial charge in [0.15, 0.2) is 0 Å². The molecule has 2 aromatic heterocycles. The fraction of sp³-hybridized carbons (Fsp3) is 0.222. The van der Waals surface area contributed by atoms with Crippen LogP contribution in [0.3, 0.4) is 0 Å². The lowest BCUT2D eigenvalue weighted by Gasteiger charge is -2.12. The van der Waals surface area contributed by atoms with Gasteiger partial charge in [-0.1, -0.05) is 6.07 Å². The Balaban J connectivity index is 1.86. The third-order valence-electron chi connectivity index (χ3n) is 5.37. The Morgan fingerprint density at radius 2 is 1.84 bits per heavy atom. The maximum Gasteiger partial charge on any atom is 0.433 e. The van der Waals surface area contributed by atoms with Crippen LogP contribution in [0.5, 0.6) is 0 Å². The number of benzene rings is 1. The topological polar surface area (TPSA) is 101 Å². The van der Waals surface area contributed by atoms with Crippen molar-refractivity contribution in [2.75, 3.05) is 30.9 Å². The lowest BCUT2D eigenvalue weighted by atomic mass is 10.0. The quantitative estimate of drug-likeness (QED) is 0.265. The summed E-state index contributed by atoms with van der Waals surface area (Å²) in [6.45, 7) is 8.34. The number of aromatic nitrogens is 2. The van der Waals surface area contributed by atoms with E-state index in [-0.39, 0.29) is 5.56 Å². The van der Waals surface area contributed by atoms with Gasteiger partial charge in [0.2, 0.25) is 0 Å². The van der Waals surface area contributed by atoms with Gasteiger partial charge in [-0.2, -0.15) is 13.2 Å². The summed E-state index contributed by atoms with van der Waals surface area (Å²) in [7, 11) is 1.62. The standard InChI is InChI=1S/C27H27F3N6O2/c1-17-5-6-21(36-26(37)20-8-9-32-24(13-20)27(28,29)30)15-22(17)18(2)35-23(16-31-3)19-7-10-33-25(14-19)34-11-12-38-4/h5-10,13-16H,3,11-12H2,1-2,4H3,(H,33,34)(H,36,37)/b23-16-,35-18?. The number of rotatable bonds is 10. The molecule has 0 saturated carbocycles. The van der Waals surface area contributed by atoms with E-state index in [1.807, 2.05) is 19.9 Å². The highest BCUT2D eigenvalue weighted by molar-refractivity contribution is 6.07. The van der Waals surface area contributed by atoms with Crippen molar-refractivity contribution >= 4 is 35.5 Å². The molecule has 0 saturated heterocycles. The number of aliphatic imine (C=N–C) groups is 2. The van der Waals surface area contributed by atoms with E-state index in [2.05, 4.69) is 32.3 Å². The molecule has 11 heteroatoms. The van der Waals surface area contributed by atoms with Gasteiger partial charge in [-0.3, -0.25) is 19.8 Å². The molecule has 0 aliphatic rings. The van der Waals surface area contributed by atoms with Crippen molar-refractivity contribution in [3.8, 4) is 0 Å². The molecular weight excluding hydrogens is 497 g/mol. The summed E-state index contributed by atoms with van der Waals surface area (Å²) in [4.78, 5) is 28.9. The van der Waals surface area contributed by atoms with Crippen molar-refractivity contribution in [2.45, 2.75) is 20.0 Å². The molecule has 3 aromatic rings. The minimum atomic E-state index is -4.65. The van der Waals surface area contributed by atoms with Crippen LogP contribution in [-0.2, 0) is 10.9 Å². The summed E-state index contributed by atoms with van der Waals surface area (Å²) in [6.07, 6.45) is -0.520. The van der Waals surface area contributed by atoms with Crippen molar-refractivity contribution in [1.82, 2.24) is 9.97 Å². The number of nitrogens with one attached hydrogen (secondary N) is 2. The van der Waals surface area contributed by atoms with Crippen molar-refractivity contribution in [2.24, 2.45) is 9.98 Å². The van der Waals surface area contributed by atoms with E-state index in [0.717, 1.165) is 22.9 Å². The van der Waals surface area contributed by atoms with Crippen LogP contribution in [0.1, 0.15) is 39.7 Å². The van der Waals surface area contributed by atoms with E-state index < -0.39 is 17.8 Å².